The second kappa shape index (κ2) is 5.96. The average molecular weight is 369 g/mol. The van der Waals surface area contributed by atoms with E-state index in [0.29, 0.717) is 5.82 Å². The molecule has 0 atom stereocenters. The van der Waals surface area contributed by atoms with Crippen LogP contribution >= 0.6 is 22.6 Å². The molecule has 0 aliphatic heterocycles. The van der Waals surface area contributed by atoms with Crippen molar-refractivity contribution < 1.29 is 9.53 Å². The molecule has 19 heavy (non-hydrogen) atoms. The van der Waals surface area contributed by atoms with Gasteiger partial charge < -0.3 is 10.1 Å². The fraction of sp³-hybridized carbons (Fsp3) is 0.154. The molecule has 2 rings (SSSR count). The molecule has 1 aromatic carbocycles. The molecule has 1 heterocycles. The van der Waals surface area contributed by atoms with Crippen LogP contribution in [0.3, 0.4) is 0 Å². The number of nitrogens with zero attached hydrogens (tertiary/aromatic N) is 2. The van der Waals surface area contributed by atoms with E-state index in [1.807, 2.05) is 18.2 Å². The maximum absolute atomic E-state index is 11.2. The third-order valence-corrected chi connectivity index (χ3v) is 3.65. The van der Waals surface area contributed by atoms with Crippen LogP contribution in [0, 0.1) is 10.5 Å². The largest absolute Gasteiger partial charge is 0.464 e. The molecule has 1 N–H and O–H groups in total. The maximum Gasteiger partial charge on any atom is 0.358 e. The number of nitrogens with one attached hydrogen (secondary N) is 1. The fourth-order valence-corrected chi connectivity index (χ4v) is 1.94. The summed E-state index contributed by atoms with van der Waals surface area (Å²) in [5, 5.41) is 3.13. The van der Waals surface area contributed by atoms with Gasteiger partial charge >= 0.3 is 5.97 Å². The van der Waals surface area contributed by atoms with Crippen molar-refractivity contribution in [2.75, 3.05) is 12.4 Å². The number of halogens is 1. The Kier molecular flexibility index (Phi) is 4.31. The Balaban J connectivity index is 2.15. The van der Waals surface area contributed by atoms with Gasteiger partial charge in [-0.05, 0) is 47.2 Å². The van der Waals surface area contributed by atoms with Crippen molar-refractivity contribution in [2.24, 2.45) is 0 Å². The smallest absolute Gasteiger partial charge is 0.358 e. The zero-order valence-corrected chi connectivity index (χ0v) is 12.6. The molecule has 0 fully saturated rings. The Morgan fingerprint density at radius 3 is 2.68 bits per heavy atom. The van der Waals surface area contributed by atoms with Crippen LogP contribution in [0.1, 0.15) is 16.1 Å². The van der Waals surface area contributed by atoms with Crippen LogP contribution in [0.4, 0.5) is 11.5 Å². The highest BCUT2D eigenvalue weighted by Crippen LogP contribution is 2.19. The van der Waals surface area contributed by atoms with Gasteiger partial charge in [-0.25, -0.2) is 14.8 Å². The minimum Gasteiger partial charge on any atom is -0.464 e. The average Bonchev–Trinajstić information content (AvgIpc) is 2.43. The number of rotatable bonds is 3. The molecule has 6 heteroatoms. The van der Waals surface area contributed by atoms with Gasteiger partial charge in [0, 0.05) is 9.26 Å². The molecular weight excluding hydrogens is 357 g/mol. The minimum atomic E-state index is -0.496. The van der Waals surface area contributed by atoms with E-state index in [2.05, 4.69) is 49.5 Å². The summed E-state index contributed by atoms with van der Waals surface area (Å²) >= 11 is 2.27. The lowest BCUT2D eigenvalue weighted by Gasteiger charge is -2.07. The van der Waals surface area contributed by atoms with Crippen LogP contribution in [0.5, 0.6) is 0 Å². The fourth-order valence-electron chi connectivity index (χ4n) is 1.42. The van der Waals surface area contributed by atoms with Crippen molar-refractivity contribution in [3.63, 3.8) is 0 Å². The molecule has 0 amide bonds. The molecular formula is C13H12IN3O2. The number of methoxy groups -OCH3 is 1. The highest BCUT2D eigenvalue weighted by molar-refractivity contribution is 14.1. The Bertz CT molecular complexity index is 599. The van der Waals surface area contributed by atoms with E-state index >= 15 is 0 Å². The maximum atomic E-state index is 11.2. The first-order valence-electron chi connectivity index (χ1n) is 5.53. The first-order chi connectivity index (χ1) is 9.10. The number of esters is 1. The number of aromatic nitrogens is 2. The van der Waals surface area contributed by atoms with Crippen molar-refractivity contribution in [3.05, 3.63) is 45.4 Å². The quantitative estimate of drug-likeness (QED) is 0.666. The first kappa shape index (κ1) is 13.7. The topological polar surface area (TPSA) is 64.1 Å². The predicted octanol–water partition coefficient (Wildman–Crippen LogP) is 2.92. The first-order valence-corrected chi connectivity index (χ1v) is 6.61. The van der Waals surface area contributed by atoms with Crippen LogP contribution in [0.2, 0.25) is 0 Å². The van der Waals surface area contributed by atoms with Crippen molar-refractivity contribution in [3.8, 4) is 0 Å². The van der Waals surface area contributed by atoms with E-state index in [-0.39, 0.29) is 5.69 Å². The van der Waals surface area contributed by atoms with Crippen LogP contribution < -0.4 is 5.32 Å². The van der Waals surface area contributed by atoms with Gasteiger partial charge in [0.25, 0.3) is 0 Å². The number of anilines is 2. The van der Waals surface area contributed by atoms with Crippen LogP contribution in [-0.2, 0) is 4.74 Å². The lowest BCUT2D eigenvalue weighted by molar-refractivity contribution is 0.0593. The SMILES string of the molecule is COC(=O)c1cnc(Nc2ccc(C)c(I)c2)cn1. The summed E-state index contributed by atoms with van der Waals surface area (Å²) in [6.45, 7) is 2.05. The summed E-state index contributed by atoms with van der Waals surface area (Å²) in [5.74, 6) is 0.0799. The van der Waals surface area contributed by atoms with E-state index in [9.17, 15) is 4.79 Å². The van der Waals surface area contributed by atoms with Gasteiger partial charge in [0.05, 0.1) is 19.5 Å². The van der Waals surface area contributed by atoms with Gasteiger partial charge in [-0.3, -0.25) is 0 Å². The van der Waals surface area contributed by atoms with Crippen molar-refractivity contribution in [1.82, 2.24) is 9.97 Å². The number of carbonyl (C=O) groups is 1. The monoisotopic (exact) mass is 369 g/mol. The molecule has 0 bridgehead atoms. The molecule has 5 nitrogen and oxygen atoms in total. The number of carbonyl (C=O) groups excluding carboxylic acids is 1. The predicted molar refractivity (Wildman–Crippen MR) is 80.6 cm³/mol. The highest BCUT2D eigenvalue weighted by Gasteiger charge is 2.07. The summed E-state index contributed by atoms with van der Waals surface area (Å²) in [6.07, 6.45) is 2.88. The van der Waals surface area contributed by atoms with E-state index < -0.39 is 5.97 Å². The lowest BCUT2D eigenvalue weighted by atomic mass is 10.2. The molecule has 0 saturated heterocycles. The van der Waals surface area contributed by atoms with Crippen LogP contribution in [-0.4, -0.2) is 23.0 Å². The third kappa shape index (κ3) is 3.40. The van der Waals surface area contributed by atoms with Crippen molar-refractivity contribution in [2.45, 2.75) is 6.92 Å². The summed E-state index contributed by atoms with van der Waals surface area (Å²) < 4.78 is 5.73. The lowest BCUT2D eigenvalue weighted by Crippen LogP contribution is -2.05. The molecule has 0 unspecified atom stereocenters. The molecule has 0 aliphatic rings. The molecule has 0 radical (unpaired) electrons. The molecule has 2 aromatic rings. The second-order valence-electron chi connectivity index (χ2n) is 3.87. The highest BCUT2D eigenvalue weighted by atomic mass is 127. The molecule has 98 valence electrons. The van der Waals surface area contributed by atoms with Crippen LogP contribution in [0.25, 0.3) is 0 Å². The zero-order chi connectivity index (χ0) is 13.8. The van der Waals surface area contributed by atoms with Crippen LogP contribution in [0.15, 0.2) is 30.6 Å². The molecule has 0 spiro atoms. The number of ether oxygens (including phenoxy) is 1. The van der Waals surface area contributed by atoms with Gasteiger partial charge in [0.15, 0.2) is 5.69 Å². The minimum absolute atomic E-state index is 0.187. The van der Waals surface area contributed by atoms with Gasteiger partial charge in [0.1, 0.15) is 5.82 Å². The standard InChI is InChI=1S/C13H12IN3O2/c1-8-3-4-9(5-10(8)14)17-12-7-15-11(6-16-12)13(18)19-2/h3-7H,1-2H3,(H,16,17). The number of hydrogen-bond acceptors (Lipinski definition) is 5. The second-order valence-corrected chi connectivity index (χ2v) is 5.03. The number of hydrogen-bond donors (Lipinski definition) is 1. The summed E-state index contributed by atoms with van der Waals surface area (Å²) in [6, 6.07) is 6.01. The van der Waals surface area contributed by atoms with E-state index in [0.717, 1.165) is 5.69 Å². The Hall–Kier alpha value is -1.70. The van der Waals surface area contributed by atoms with Gasteiger partial charge in [-0.1, -0.05) is 6.07 Å². The molecule has 0 saturated carbocycles. The van der Waals surface area contributed by atoms with Gasteiger partial charge in [-0.2, -0.15) is 0 Å². The molecule has 1 aromatic heterocycles. The number of aryl methyl sites for hydroxylation is 1. The van der Waals surface area contributed by atoms with E-state index in [1.165, 1.54) is 28.6 Å². The Morgan fingerprint density at radius 2 is 2.11 bits per heavy atom. The summed E-state index contributed by atoms with van der Waals surface area (Å²) in [7, 11) is 1.31. The van der Waals surface area contributed by atoms with E-state index in [1.54, 1.807) is 0 Å². The normalized spacial score (nSPS) is 10.1. The third-order valence-electron chi connectivity index (χ3n) is 2.49. The van der Waals surface area contributed by atoms with Crippen molar-refractivity contribution >= 4 is 40.1 Å². The number of benzene rings is 1. The zero-order valence-electron chi connectivity index (χ0n) is 10.5. The van der Waals surface area contributed by atoms with Gasteiger partial charge in [-0.15, -0.1) is 0 Å². The Morgan fingerprint density at radius 1 is 1.32 bits per heavy atom. The summed E-state index contributed by atoms with van der Waals surface area (Å²) in [4.78, 5) is 19.3. The van der Waals surface area contributed by atoms with Crippen molar-refractivity contribution in [1.29, 1.82) is 0 Å². The summed E-state index contributed by atoms with van der Waals surface area (Å²) in [5.41, 5.74) is 2.33. The van der Waals surface area contributed by atoms with E-state index in [4.69, 9.17) is 0 Å². The molecule has 0 aliphatic carbocycles. The van der Waals surface area contributed by atoms with Gasteiger partial charge in [0.2, 0.25) is 0 Å². The Labute approximate surface area is 124 Å².